The second-order valence-corrected chi connectivity index (χ2v) is 9.65. The van der Waals surface area contributed by atoms with Crippen molar-refractivity contribution < 1.29 is 19.4 Å². The Morgan fingerprint density at radius 3 is 2.41 bits per heavy atom. The minimum absolute atomic E-state index is 0.0873. The van der Waals surface area contributed by atoms with Gasteiger partial charge in [0.15, 0.2) is 0 Å². The van der Waals surface area contributed by atoms with E-state index in [0.717, 1.165) is 70.9 Å². The van der Waals surface area contributed by atoms with Crippen molar-refractivity contribution in [2.24, 2.45) is 5.92 Å². The first-order valence-corrected chi connectivity index (χ1v) is 13.8. The van der Waals surface area contributed by atoms with E-state index in [1.807, 2.05) is 37.3 Å². The number of aldehydes is 1. The number of benzene rings is 1. The summed E-state index contributed by atoms with van der Waals surface area (Å²) in [6.45, 7) is 9.13. The summed E-state index contributed by atoms with van der Waals surface area (Å²) in [6.07, 6.45) is 8.18. The Kier molecular flexibility index (Phi) is 14.9. The average molecular weight is 496 g/mol. The minimum Gasteiger partial charge on any atom is -0.450 e. The highest BCUT2D eigenvalue weighted by Crippen LogP contribution is 2.30. The quantitative estimate of drug-likeness (QED) is 0.574. The van der Waals surface area contributed by atoms with Crippen LogP contribution < -0.4 is 4.90 Å². The minimum atomic E-state index is -0.169. The van der Waals surface area contributed by atoms with Gasteiger partial charge >= 0.3 is 6.09 Å². The summed E-state index contributed by atoms with van der Waals surface area (Å²) in [5, 5.41) is 7.00. The molecule has 2 aliphatic heterocycles. The van der Waals surface area contributed by atoms with Gasteiger partial charge in [-0.1, -0.05) is 25.1 Å². The van der Waals surface area contributed by atoms with Crippen LogP contribution >= 0.6 is 11.8 Å². The van der Waals surface area contributed by atoms with E-state index in [1.54, 1.807) is 11.8 Å². The molecule has 0 radical (unpaired) electrons. The molecule has 0 spiro atoms. The number of carbonyl (C=O) groups is 2. The number of amides is 1. The molecule has 1 N–H and O–H groups in total. The number of hydrogen-bond acceptors (Lipinski definition) is 7. The van der Waals surface area contributed by atoms with Crippen molar-refractivity contribution in [3.05, 3.63) is 29.8 Å². The van der Waals surface area contributed by atoms with Gasteiger partial charge in [-0.15, -0.1) is 0 Å². The van der Waals surface area contributed by atoms with Crippen LogP contribution in [-0.2, 0) is 9.53 Å². The van der Waals surface area contributed by atoms with Gasteiger partial charge in [0.2, 0.25) is 0 Å². The number of rotatable bonds is 7. The highest BCUT2D eigenvalue weighted by Gasteiger charge is 2.30. The molecular formula is C26H45N3O4S. The van der Waals surface area contributed by atoms with Gasteiger partial charge in [0.25, 0.3) is 0 Å². The summed E-state index contributed by atoms with van der Waals surface area (Å²) < 4.78 is 5.12. The predicted molar refractivity (Wildman–Crippen MR) is 143 cm³/mol. The first-order chi connectivity index (χ1) is 16.4. The van der Waals surface area contributed by atoms with Gasteiger partial charge in [-0.2, -0.15) is 11.8 Å². The molecule has 34 heavy (non-hydrogen) atoms. The maximum Gasteiger partial charge on any atom is 0.409 e. The molecule has 0 bridgehead atoms. The molecule has 1 aromatic rings. The van der Waals surface area contributed by atoms with Gasteiger partial charge in [0.05, 0.1) is 6.61 Å². The number of ether oxygens (including phenoxy) is 1. The first kappa shape index (κ1) is 30.3. The van der Waals surface area contributed by atoms with Crippen molar-refractivity contribution in [3.8, 4) is 0 Å². The third-order valence-electron chi connectivity index (χ3n) is 6.46. The second-order valence-electron chi connectivity index (χ2n) is 8.83. The molecule has 8 heteroatoms. The number of aliphatic hydroxyl groups is 1. The molecule has 2 fully saturated rings. The van der Waals surface area contributed by atoms with Crippen LogP contribution in [0.25, 0.3) is 0 Å². The third-order valence-corrected chi connectivity index (χ3v) is 6.46. The number of aliphatic hydroxyl groups excluding tert-OH is 1. The molecule has 1 unspecified atom stereocenters. The molecule has 2 atom stereocenters. The molecule has 1 aromatic carbocycles. The summed E-state index contributed by atoms with van der Waals surface area (Å²) in [5.74, 6) is 0.558. The van der Waals surface area contributed by atoms with Gasteiger partial charge in [-0.25, -0.2) is 4.79 Å². The summed E-state index contributed by atoms with van der Waals surface area (Å²) in [6, 6.07) is 8.72. The number of likely N-dealkylation sites (N-methyl/N-ethyl adjacent to an activating group) is 1. The van der Waals surface area contributed by atoms with Crippen LogP contribution in [0.5, 0.6) is 0 Å². The van der Waals surface area contributed by atoms with Crippen LogP contribution in [0.4, 0.5) is 10.5 Å². The lowest BCUT2D eigenvalue weighted by molar-refractivity contribution is -0.108. The fourth-order valence-corrected chi connectivity index (χ4v) is 4.64. The SMILES string of the molecule is CCOC(=O)N1CCC(CN2CC[C@H](N(C)c3ccccc3C(C)C=O)C2)CC1.CO.CSC. The van der Waals surface area contributed by atoms with Crippen LogP contribution in [0.15, 0.2) is 24.3 Å². The van der Waals surface area contributed by atoms with E-state index in [4.69, 9.17) is 9.84 Å². The molecule has 2 heterocycles. The molecule has 2 saturated heterocycles. The van der Waals surface area contributed by atoms with Crippen LogP contribution in [0.3, 0.4) is 0 Å². The van der Waals surface area contributed by atoms with E-state index in [0.29, 0.717) is 18.6 Å². The van der Waals surface area contributed by atoms with Crippen molar-refractivity contribution in [3.63, 3.8) is 0 Å². The highest BCUT2D eigenvalue weighted by atomic mass is 32.2. The molecule has 0 aliphatic carbocycles. The Morgan fingerprint density at radius 2 is 1.82 bits per heavy atom. The zero-order chi connectivity index (χ0) is 25.5. The average Bonchev–Trinajstić information content (AvgIpc) is 3.34. The van der Waals surface area contributed by atoms with E-state index in [-0.39, 0.29) is 12.0 Å². The highest BCUT2D eigenvalue weighted by molar-refractivity contribution is 7.97. The van der Waals surface area contributed by atoms with E-state index in [1.165, 1.54) is 5.69 Å². The van der Waals surface area contributed by atoms with Crippen molar-refractivity contribution >= 4 is 29.8 Å². The van der Waals surface area contributed by atoms with Crippen molar-refractivity contribution in [2.75, 3.05) is 70.9 Å². The van der Waals surface area contributed by atoms with Gasteiger partial charge in [0.1, 0.15) is 6.29 Å². The van der Waals surface area contributed by atoms with Gasteiger partial charge < -0.3 is 29.3 Å². The standard InChI is InChI=1S/C23H35N3O3.C2H6S.CH4O/c1-4-29-23(28)26-13-9-19(10-14-26)15-25-12-11-20(16-25)24(3)22-8-6-5-7-21(22)18(2)17-27;1-3-2;1-2/h5-8,17-20H,4,9-16H2,1-3H3;1-2H3;2H,1H3/t18?,20-;;/m0../s1. The zero-order valence-corrected chi connectivity index (χ0v) is 22.7. The first-order valence-electron chi connectivity index (χ1n) is 12.2. The van der Waals surface area contributed by atoms with E-state index < -0.39 is 0 Å². The lowest BCUT2D eigenvalue weighted by atomic mass is 9.96. The molecule has 1 amide bonds. The third kappa shape index (κ3) is 9.12. The predicted octanol–water partition coefficient (Wildman–Crippen LogP) is 3.96. The van der Waals surface area contributed by atoms with Crippen molar-refractivity contribution in [1.29, 1.82) is 0 Å². The molecule has 3 rings (SSSR count). The summed E-state index contributed by atoms with van der Waals surface area (Å²) in [7, 11) is 3.16. The molecule has 2 aliphatic rings. The molecular weight excluding hydrogens is 450 g/mol. The summed E-state index contributed by atoms with van der Waals surface area (Å²) in [5.41, 5.74) is 2.27. The van der Waals surface area contributed by atoms with Crippen LogP contribution in [0.2, 0.25) is 0 Å². The number of carbonyl (C=O) groups excluding carboxylic acids is 2. The number of thioether (sulfide) groups is 1. The lowest BCUT2D eigenvalue weighted by Crippen LogP contribution is -2.42. The maximum atomic E-state index is 11.9. The van der Waals surface area contributed by atoms with Crippen LogP contribution in [-0.4, -0.2) is 99.3 Å². The van der Waals surface area contributed by atoms with E-state index >= 15 is 0 Å². The number of para-hydroxylation sites is 1. The second kappa shape index (κ2) is 16.8. The summed E-state index contributed by atoms with van der Waals surface area (Å²) >= 11 is 1.75. The van der Waals surface area contributed by atoms with Crippen molar-refractivity contribution in [1.82, 2.24) is 9.80 Å². The zero-order valence-electron chi connectivity index (χ0n) is 21.9. The van der Waals surface area contributed by atoms with Crippen LogP contribution in [0.1, 0.15) is 44.6 Å². The Morgan fingerprint density at radius 1 is 1.21 bits per heavy atom. The topological polar surface area (TPSA) is 73.3 Å². The number of anilines is 1. The number of likely N-dealkylation sites (tertiary alicyclic amines) is 2. The fourth-order valence-electron chi connectivity index (χ4n) is 4.64. The Balaban J connectivity index is 0.00000107. The monoisotopic (exact) mass is 495 g/mol. The maximum absolute atomic E-state index is 11.9. The number of piperidine rings is 1. The molecule has 194 valence electrons. The van der Waals surface area contributed by atoms with Gasteiger partial charge in [-0.3, -0.25) is 0 Å². The smallest absolute Gasteiger partial charge is 0.409 e. The number of nitrogens with zero attached hydrogens (tertiary/aromatic N) is 3. The Labute approximate surface area is 210 Å². The van der Waals surface area contributed by atoms with E-state index in [2.05, 4.69) is 35.0 Å². The Bertz CT molecular complexity index is 713. The van der Waals surface area contributed by atoms with Gasteiger partial charge in [0, 0.05) is 64.5 Å². The van der Waals surface area contributed by atoms with E-state index in [9.17, 15) is 9.59 Å². The molecule has 0 saturated carbocycles. The molecule has 0 aromatic heterocycles. The van der Waals surface area contributed by atoms with Crippen LogP contribution in [0, 0.1) is 5.92 Å². The Hall–Kier alpha value is -1.77. The van der Waals surface area contributed by atoms with Crippen molar-refractivity contribution in [2.45, 2.75) is 45.1 Å². The molecule has 7 nitrogen and oxygen atoms in total. The summed E-state index contributed by atoms with van der Waals surface area (Å²) in [4.78, 5) is 29.9. The van der Waals surface area contributed by atoms with Gasteiger partial charge in [-0.05, 0) is 56.2 Å². The normalized spacial score (nSPS) is 19.3. The lowest BCUT2D eigenvalue weighted by Gasteiger charge is -2.34. The largest absolute Gasteiger partial charge is 0.450 e. The fraction of sp³-hybridized carbons (Fsp3) is 0.692. The number of hydrogen-bond donors (Lipinski definition) is 1.